The van der Waals surface area contributed by atoms with Crippen LogP contribution in [0.15, 0.2) is 36.5 Å². The fourth-order valence-electron chi connectivity index (χ4n) is 2.97. The summed E-state index contributed by atoms with van der Waals surface area (Å²) in [6, 6.07) is 7.11. The Labute approximate surface area is 155 Å². The van der Waals surface area contributed by atoms with Gasteiger partial charge in [0.1, 0.15) is 11.9 Å². The third-order valence-corrected chi connectivity index (χ3v) is 4.02. The van der Waals surface area contributed by atoms with Gasteiger partial charge in [0.25, 0.3) is 11.6 Å². The first-order chi connectivity index (χ1) is 12.6. The van der Waals surface area contributed by atoms with Crippen LogP contribution in [0, 0.1) is 20.2 Å². The lowest BCUT2D eigenvalue weighted by molar-refractivity contribution is -0.394. The van der Waals surface area contributed by atoms with Crippen molar-refractivity contribution in [2.75, 3.05) is 0 Å². The Bertz CT molecular complexity index is 887. The summed E-state index contributed by atoms with van der Waals surface area (Å²) in [5, 5.41) is 22.4. The monoisotopic (exact) mass is 372 g/mol. The molecule has 0 saturated heterocycles. The van der Waals surface area contributed by atoms with E-state index in [2.05, 4.69) is 4.98 Å². The average Bonchev–Trinajstić information content (AvgIpc) is 2.60. The number of nitrogens with zero attached hydrogens (tertiary/aromatic N) is 4. The first-order valence-electron chi connectivity index (χ1n) is 8.36. The molecular weight excluding hydrogens is 352 g/mol. The SMILES string of the molecule is CC(C)N(C(=O)c1ccccc1-c1ncc([N+](=O)[O-])cc1[N+](=O)[O-])C(C)C. The second kappa shape index (κ2) is 7.90. The van der Waals surface area contributed by atoms with Gasteiger partial charge in [-0.05, 0) is 33.8 Å². The van der Waals surface area contributed by atoms with E-state index >= 15 is 0 Å². The lowest BCUT2D eigenvalue weighted by Gasteiger charge is -2.31. The summed E-state index contributed by atoms with van der Waals surface area (Å²) in [4.78, 5) is 39.6. The predicted molar refractivity (Wildman–Crippen MR) is 99.4 cm³/mol. The summed E-state index contributed by atoms with van der Waals surface area (Å²) in [5.41, 5.74) is -0.577. The molecule has 2 rings (SSSR count). The van der Waals surface area contributed by atoms with Crippen molar-refractivity contribution in [3.63, 3.8) is 0 Å². The van der Waals surface area contributed by atoms with Crippen molar-refractivity contribution < 1.29 is 14.6 Å². The molecule has 1 aromatic heterocycles. The van der Waals surface area contributed by atoms with E-state index < -0.39 is 21.2 Å². The van der Waals surface area contributed by atoms with Crippen molar-refractivity contribution in [2.24, 2.45) is 0 Å². The van der Waals surface area contributed by atoms with Crippen LogP contribution in [0.25, 0.3) is 11.3 Å². The zero-order valence-electron chi connectivity index (χ0n) is 15.4. The van der Waals surface area contributed by atoms with Crippen molar-refractivity contribution >= 4 is 17.3 Å². The van der Waals surface area contributed by atoms with Crippen LogP contribution in [-0.4, -0.2) is 37.7 Å². The highest BCUT2D eigenvalue weighted by molar-refractivity contribution is 6.01. The van der Waals surface area contributed by atoms with E-state index in [4.69, 9.17) is 0 Å². The van der Waals surface area contributed by atoms with Gasteiger partial charge in [-0.2, -0.15) is 0 Å². The molecule has 0 aliphatic rings. The van der Waals surface area contributed by atoms with E-state index in [0.717, 1.165) is 12.3 Å². The molecule has 9 heteroatoms. The number of amides is 1. The second-order valence-electron chi connectivity index (χ2n) is 6.52. The minimum atomic E-state index is -0.750. The van der Waals surface area contributed by atoms with Gasteiger partial charge in [0.05, 0.1) is 15.9 Å². The van der Waals surface area contributed by atoms with Crippen LogP contribution in [0.5, 0.6) is 0 Å². The van der Waals surface area contributed by atoms with Crippen LogP contribution >= 0.6 is 0 Å². The Hall–Kier alpha value is -3.36. The second-order valence-corrected chi connectivity index (χ2v) is 6.52. The maximum absolute atomic E-state index is 13.1. The summed E-state index contributed by atoms with van der Waals surface area (Å²) in [7, 11) is 0. The third kappa shape index (κ3) is 4.08. The molecule has 9 nitrogen and oxygen atoms in total. The summed E-state index contributed by atoms with van der Waals surface area (Å²) < 4.78 is 0. The average molecular weight is 372 g/mol. The minimum absolute atomic E-state index is 0.0784. The maximum atomic E-state index is 13.1. The van der Waals surface area contributed by atoms with Gasteiger partial charge in [-0.1, -0.05) is 18.2 Å². The normalized spacial score (nSPS) is 10.9. The molecule has 1 amide bonds. The van der Waals surface area contributed by atoms with Gasteiger partial charge >= 0.3 is 5.69 Å². The molecule has 27 heavy (non-hydrogen) atoms. The molecule has 0 fully saturated rings. The number of carbonyl (C=O) groups is 1. The van der Waals surface area contributed by atoms with E-state index in [1.54, 1.807) is 29.2 Å². The summed E-state index contributed by atoms with van der Waals surface area (Å²) >= 11 is 0. The van der Waals surface area contributed by atoms with Crippen LogP contribution in [0.4, 0.5) is 11.4 Å². The number of aromatic nitrogens is 1. The number of hydrogen-bond acceptors (Lipinski definition) is 6. The van der Waals surface area contributed by atoms with Gasteiger partial charge in [-0.3, -0.25) is 25.0 Å². The molecule has 2 aromatic rings. The molecule has 0 aliphatic carbocycles. The van der Waals surface area contributed by atoms with E-state index in [-0.39, 0.29) is 34.8 Å². The minimum Gasteiger partial charge on any atom is -0.334 e. The largest absolute Gasteiger partial charge is 0.334 e. The molecule has 142 valence electrons. The first kappa shape index (κ1) is 20.0. The number of hydrogen-bond donors (Lipinski definition) is 0. The van der Waals surface area contributed by atoms with Gasteiger partial charge in [0, 0.05) is 23.2 Å². The van der Waals surface area contributed by atoms with Crippen LogP contribution in [-0.2, 0) is 0 Å². The molecule has 1 aromatic carbocycles. The zero-order chi connectivity index (χ0) is 20.3. The molecule has 0 saturated carbocycles. The molecule has 0 unspecified atom stereocenters. The van der Waals surface area contributed by atoms with Gasteiger partial charge < -0.3 is 4.90 Å². The van der Waals surface area contributed by atoms with Gasteiger partial charge in [-0.25, -0.2) is 4.98 Å². The van der Waals surface area contributed by atoms with E-state index in [9.17, 15) is 25.0 Å². The van der Waals surface area contributed by atoms with Crippen LogP contribution < -0.4 is 0 Å². The number of pyridine rings is 1. The molecule has 1 heterocycles. The molecular formula is C18H20N4O5. The number of rotatable bonds is 6. The van der Waals surface area contributed by atoms with Crippen LogP contribution in [0.1, 0.15) is 38.1 Å². The van der Waals surface area contributed by atoms with E-state index in [1.165, 1.54) is 0 Å². The van der Waals surface area contributed by atoms with Gasteiger partial charge in [-0.15, -0.1) is 0 Å². The highest BCUT2D eigenvalue weighted by atomic mass is 16.6. The Kier molecular flexibility index (Phi) is 5.84. The van der Waals surface area contributed by atoms with Crippen molar-refractivity contribution in [3.8, 4) is 11.3 Å². The maximum Gasteiger partial charge on any atom is 0.302 e. The smallest absolute Gasteiger partial charge is 0.302 e. The van der Waals surface area contributed by atoms with Gasteiger partial charge in [0.2, 0.25) is 0 Å². The van der Waals surface area contributed by atoms with Crippen molar-refractivity contribution in [1.82, 2.24) is 9.88 Å². The zero-order valence-corrected chi connectivity index (χ0v) is 15.4. The van der Waals surface area contributed by atoms with E-state index in [0.29, 0.717) is 0 Å². The lowest BCUT2D eigenvalue weighted by atomic mass is 10.0. The summed E-state index contributed by atoms with van der Waals surface area (Å²) in [5.74, 6) is -0.287. The Morgan fingerprint density at radius 2 is 1.63 bits per heavy atom. The topological polar surface area (TPSA) is 119 Å². The van der Waals surface area contributed by atoms with E-state index in [1.807, 2.05) is 27.7 Å². The highest BCUT2D eigenvalue weighted by Crippen LogP contribution is 2.33. The lowest BCUT2D eigenvalue weighted by Crippen LogP contribution is -2.42. The fourth-order valence-corrected chi connectivity index (χ4v) is 2.97. The summed E-state index contributed by atoms with van der Waals surface area (Å²) in [6.45, 7) is 7.53. The number of benzene rings is 1. The number of carbonyl (C=O) groups excluding carboxylic acids is 1. The molecule has 0 bridgehead atoms. The molecule has 0 aliphatic heterocycles. The fraction of sp³-hybridized carbons (Fsp3) is 0.333. The Morgan fingerprint density at radius 3 is 2.15 bits per heavy atom. The predicted octanol–water partition coefficient (Wildman–Crippen LogP) is 3.82. The summed E-state index contributed by atoms with van der Waals surface area (Å²) in [6.07, 6.45) is 0.951. The standard InChI is InChI=1S/C18H20N4O5/c1-11(2)20(12(3)4)18(23)15-8-6-5-7-14(15)17-16(22(26)27)9-13(10-19-17)21(24)25/h5-12H,1-4H3. The highest BCUT2D eigenvalue weighted by Gasteiger charge is 2.28. The number of nitro groups is 2. The van der Waals surface area contributed by atoms with Crippen molar-refractivity contribution in [1.29, 1.82) is 0 Å². The molecule has 0 N–H and O–H groups in total. The molecule has 0 radical (unpaired) electrons. The molecule has 0 spiro atoms. The van der Waals surface area contributed by atoms with Crippen molar-refractivity contribution in [2.45, 2.75) is 39.8 Å². The Morgan fingerprint density at radius 1 is 1.04 bits per heavy atom. The van der Waals surface area contributed by atoms with Crippen LogP contribution in [0.3, 0.4) is 0 Å². The van der Waals surface area contributed by atoms with Crippen molar-refractivity contribution in [3.05, 3.63) is 62.3 Å². The quantitative estimate of drug-likeness (QED) is 0.561. The molecule has 0 atom stereocenters. The van der Waals surface area contributed by atoms with Gasteiger partial charge in [0.15, 0.2) is 0 Å². The first-order valence-corrected chi connectivity index (χ1v) is 8.36. The third-order valence-electron chi connectivity index (χ3n) is 4.02. The van der Waals surface area contributed by atoms with Crippen LogP contribution in [0.2, 0.25) is 0 Å². The Balaban J connectivity index is 2.67.